The summed E-state index contributed by atoms with van der Waals surface area (Å²) in [4.78, 5) is 24.3. The van der Waals surface area contributed by atoms with Gasteiger partial charge in [-0.3, -0.25) is 4.79 Å². The normalized spacial score (nSPS) is 16.7. The predicted octanol–water partition coefficient (Wildman–Crippen LogP) is 4.10. The molecule has 30 heavy (non-hydrogen) atoms. The van der Waals surface area contributed by atoms with Crippen LogP contribution >= 0.6 is 23.2 Å². The highest BCUT2D eigenvalue weighted by Crippen LogP contribution is 2.36. The molecule has 1 fully saturated rings. The molecule has 0 spiro atoms. The molecule has 2 aromatic heterocycles. The van der Waals surface area contributed by atoms with Gasteiger partial charge in [-0.1, -0.05) is 23.2 Å². The second-order valence-corrected chi connectivity index (χ2v) is 8.41. The van der Waals surface area contributed by atoms with E-state index in [9.17, 15) is 4.79 Å². The number of aliphatic carboxylic acids is 1. The number of carboxylic acid groups (broad SMARTS) is 1. The average Bonchev–Trinajstić information content (AvgIpc) is 3.41. The van der Waals surface area contributed by atoms with Crippen LogP contribution in [0, 0.1) is 0 Å². The lowest BCUT2D eigenvalue weighted by atomic mass is 10.1. The van der Waals surface area contributed by atoms with E-state index >= 15 is 0 Å². The molecule has 158 valence electrons. The van der Waals surface area contributed by atoms with E-state index in [1.165, 1.54) is 0 Å². The highest BCUT2D eigenvalue weighted by molar-refractivity contribution is 6.45. The maximum absolute atomic E-state index is 10.9. The number of nitrogens with zero attached hydrogens (tertiary/aromatic N) is 5. The van der Waals surface area contributed by atoms with Gasteiger partial charge in [0, 0.05) is 49.5 Å². The molecule has 4 rings (SSSR count). The van der Waals surface area contributed by atoms with Crippen molar-refractivity contribution >= 4 is 45.9 Å². The van der Waals surface area contributed by atoms with Gasteiger partial charge in [0.1, 0.15) is 5.82 Å². The van der Waals surface area contributed by atoms with E-state index < -0.39 is 5.97 Å². The van der Waals surface area contributed by atoms with Gasteiger partial charge in [0.25, 0.3) is 0 Å². The molecule has 1 atom stereocenters. The number of imidazole rings is 1. The number of benzene rings is 1. The smallest absolute Gasteiger partial charge is 0.304 e. The monoisotopic (exact) mass is 447 g/mol. The summed E-state index contributed by atoms with van der Waals surface area (Å²) in [5.41, 5.74) is 1.60. The number of carboxylic acids is 1. The number of aromatic nitrogens is 3. The molecule has 0 radical (unpaired) electrons. The van der Waals surface area contributed by atoms with Gasteiger partial charge in [-0.05, 0) is 32.0 Å². The number of carbonyl (C=O) groups is 1. The van der Waals surface area contributed by atoms with Gasteiger partial charge in [-0.25, -0.2) is 9.97 Å². The summed E-state index contributed by atoms with van der Waals surface area (Å²) in [5.74, 6) is 0.0577. The van der Waals surface area contributed by atoms with Crippen LogP contribution in [0.2, 0.25) is 10.0 Å². The van der Waals surface area contributed by atoms with Gasteiger partial charge in [0.15, 0.2) is 0 Å². The molecule has 1 aromatic carbocycles. The minimum Gasteiger partial charge on any atom is -0.481 e. The minimum atomic E-state index is -0.780. The maximum Gasteiger partial charge on any atom is 0.304 e. The standard InChI is InChI=1S/C21H23Cl2N5O2/c1-26(9-6-19(29)30)12-14-3-2-8-28(14)18-11-17(27-10-7-24-13-27)15-4-5-16(22)20(23)21(15)25-18/h4-5,7,10-11,13-14H,2-3,6,8-9,12H2,1H3,(H,29,30). The Hall–Kier alpha value is -2.35. The Morgan fingerprint density at radius 1 is 1.37 bits per heavy atom. The van der Waals surface area contributed by atoms with E-state index in [4.69, 9.17) is 33.3 Å². The van der Waals surface area contributed by atoms with Crippen molar-refractivity contribution in [2.24, 2.45) is 0 Å². The molecule has 0 bridgehead atoms. The molecule has 0 saturated carbocycles. The van der Waals surface area contributed by atoms with E-state index in [-0.39, 0.29) is 12.5 Å². The van der Waals surface area contributed by atoms with E-state index in [1.54, 1.807) is 18.6 Å². The van der Waals surface area contributed by atoms with Gasteiger partial charge in [-0.2, -0.15) is 0 Å². The highest BCUT2D eigenvalue weighted by Gasteiger charge is 2.28. The third-order valence-electron chi connectivity index (χ3n) is 5.52. The van der Waals surface area contributed by atoms with E-state index in [1.807, 2.05) is 23.9 Å². The van der Waals surface area contributed by atoms with Gasteiger partial charge in [0.2, 0.25) is 0 Å². The molecule has 9 heteroatoms. The van der Waals surface area contributed by atoms with Gasteiger partial charge in [-0.15, -0.1) is 0 Å². The molecule has 0 amide bonds. The fraction of sp³-hybridized carbons (Fsp3) is 0.381. The number of fused-ring (bicyclic) bond motifs is 1. The second-order valence-electron chi connectivity index (χ2n) is 7.62. The molecule has 0 aliphatic carbocycles. The van der Waals surface area contributed by atoms with Crippen molar-refractivity contribution in [3.05, 3.63) is 47.0 Å². The molecular formula is C21H23Cl2N5O2. The Bertz CT molecular complexity index is 1060. The van der Waals surface area contributed by atoms with Crippen molar-refractivity contribution in [1.29, 1.82) is 0 Å². The number of halogens is 2. The minimum absolute atomic E-state index is 0.135. The quantitative estimate of drug-likeness (QED) is 0.587. The largest absolute Gasteiger partial charge is 0.481 e. The number of pyridine rings is 1. The molecule has 3 aromatic rings. The zero-order chi connectivity index (χ0) is 21.3. The molecule has 1 saturated heterocycles. The summed E-state index contributed by atoms with van der Waals surface area (Å²) in [6.45, 7) is 2.18. The first-order valence-electron chi connectivity index (χ1n) is 9.88. The lowest BCUT2D eigenvalue weighted by Gasteiger charge is -2.30. The maximum atomic E-state index is 10.9. The van der Waals surface area contributed by atoms with Crippen molar-refractivity contribution < 1.29 is 9.90 Å². The lowest BCUT2D eigenvalue weighted by Crippen LogP contribution is -2.40. The van der Waals surface area contributed by atoms with Crippen molar-refractivity contribution in [3.63, 3.8) is 0 Å². The van der Waals surface area contributed by atoms with E-state index in [2.05, 4.69) is 20.9 Å². The Morgan fingerprint density at radius 3 is 2.93 bits per heavy atom. The summed E-state index contributed by atoms with van der Waals surface area (Å²) in [6, 6.07) is 6.02. The van der Waals surface area contributed by atoms with Crippen LogP contribution < -0.4 is 4.90 Å². The van der Waals surface area contributed by atoms with Crippen LogP contribution in [0.3, 0.4) is 0 Å². The van der Waals surface area contributed by atoms with E-state index in [0.29, 0.717) is 22.1 Å². The zero-order valence-corrected chi connectivity index (χ0v) is 18.1. The molecule has 3 heterocycles. The molecule has 1 aliphatic rings. The fourth-order valence-electron chi connectivity index (χ4n) is 4.03. The highest BCUT2D eigenvalue weighted by atomic mass is 35.5. The second kappa shape index (κ2) is 8.79. The van der Waals surface area contributed by atoms with Crippen molar-refractivity contribution in [3.8, 4) is 5.69 Å². The molecule has 1 N–H and O–H groups in total. The van der Waals surface area contributed by atoms with Crippen LogP contribution in [-0.4, -0.2) is 63.2 Å². The first-order valence-corrected chi connectivity index (χ1v) is 10.6. The Morgan fingerprint density at radius 2 is 2.20 bits per heavy atom. The van der Waals surface area contributed by atoms with Crippen LogP contribution in [0.15, 0.2) is 36.9 Å². The summed E-state index contributed by atoms with van der Waals surface area (Å²) >= 11 is 12.8. The number of hydrogen-bond acceptors (Lipinski definition) is 5. The topological polar surface area (TPSA) is 74.5 Å². The summed E-state index contributed by atoms with van der Waals surface area (Å²) < 4.78 is 1.95. The average molecular weight is 448 g/mol. The Balaban J connectivity index is 1.71. The Labute approximate surface area is 184 Å². The van der Waals surface area contributed by atoms with Crippen LogP contribution in [-0.2, 0) is 4.79 Å². The molecular weight excluding hydrogens is 425 g/mol. The molecule has 1 unspecified atom stereocenters. The fourth-order valence-corrected chi connectivity index (χ4v) is 4.39. The van der Waals surface area contributed by atoms with Crippen LogP contribution in [0.25, 0.3) is 16.6 Å². The van der Waals surface area contributed by atoms with Crippen LogP contribution in [0.1, 0.15) is 19.3 Å². The number of hydrogen-bond donors (Lipinski definition) is 1. The van der Waals surface area contributed by atoms with Gasteiger partial charge >= 0.3 is 5.97 Å². The third kappa shape index (κ3) is 4.24. The van der Waals surface area contributed by atoms with E-state index in [0.717, 1.165) is 42.8 Å². The third-order valence-corrected chi connectivity index (χ3v) is 6.32. The van der Waals surface area contributed by atoms with Gasteiger partial charge in [0.05, 0.1) is 34.0 Å². The SMILES string of the molecule is CN(CCC(=O)O)CC1CCCN1c1cc(-n2ccnc2)c2ccc(Cl)c(Cl)c2n1. The van der Waals surface area contributed by atoms with Crippen molar-refractivity contribution in [2.75, 3.05) is 31.6 Å². The molecule has 1 aliphatic heterocycles. The first-order chi connectivity index (χ1) is 14.4. The first kappa shape index (κ1) is 20.9. The number of anilines is 1. The zero-order valence-electron chi connectivity index (χ0n) is 16.6. The number of rotatable bonds is 7. The predicted molar refractivity (Wildman–Crippen MR) is 119 cm³/mol. The molecule has 7 nitrogen and oxygen atoms in total. The van der Waals surface area contributed by atoms with Crippen molar-refractivity contribution in [2.45, 2.75) is 25.3 Å². The van der Waals surface area contributed by atoms with Gasteiger partial charge < -0.3 is 19.5 Å². The summed E-state index contributed by atoms with van der Waals surface area (Å²) in [7, 11) is 1.96. The Kier molecular flexibility index (Phi) is 6.13. The van der Waals surface area contributed by atoms with Crippen molar-refractivity contribution in [1.82, 2.24) is 19.4 Å². The van der Waals surface area contributed by atoms with Crippen LogP contribution in [0.4, 0.5) is 5.82 Å². The number of likely N-dealkylation sites (N-methyl/N-ethyl adjacent to an activating group) is 1. The lowest BCUT2D eigenvalue weighted by molar-refractivity contribution is -0.137. The summed E-state index contributed by atoms with van der Waals surface area (Å²) in [6.07, 6.45) is 7.60. The summed E-state index contributed by atoms with van der Waals surface area (Å²) in [5, 5.41) is 10.8. The van der Waals surface area contributed by atoms with Crippen LogP contribution in [0.5, 0.6) is 0 Å².